The maximum absolute atomic E-state index is 10.7. The van der Waals surface area contributed by atoms with Gasteiger partial charge in [-0.15, -0.1) is 0 Å². The molecule has 0 rings (SSSR count). The molecule has 0 aliphatic rings. The summed E-state index contributed by atoms with van der Waals surface area (Å²) in [5.74, 6) is 0. The van der Waals surface area contributed by atoms with Gasteiger partial charge in [-0.05, 0) is 13.8 Å². The summed E-state index contributed by atoms with van der Waals surface area (Å²) in [7, 11) is 0. The number of hydrogen-bond donors (Lipinski definition) is 2. The van der Waals surface area contributed by atoms with Crippen LogP contribution in [0.1, 0.15) is 13.8 Å². The molecule has 56 valence electrons. The van der Waals surface area contributed by atoms with Crippen LogP contribution in [0, 0.1) is 0 Å². The van der Waals surface area contributed by atoms with E-state index in [9.17, 15) is 4.79 Å². The van der Waals surface area contributed by atoms with E-state index in [1.54, 1.807) is 13.8 Å². The zero-order valence-electron chi connectivity index (χ0n) is 6.32. The van der Waals surface area contributed by atoms with Gasteiger partial charge >= 0.3 is 6.03 Å². The van der Waals surface area contributed by atoms with Crippen LogP contribution < -0.4 is 10.6 Å². The van der Waals surface area contributed by atoms with Crippen LogP contribution in [0.15, 0.2) is 24.6 Å². The second-order valence-corrected chi connectivity index (χ2v) is 2.14. The van der Waals surface area contributed by atoms with Gasteiger partial charge < -0.3 is 10.6 Å². The maximum Gasteiger partial charge on any atom is 0.323 e. The van der Waals surface area contributed by atoms with Gasteiger partial charge in [-0.1, -0.05) is 13.2 Å². The summed E-state index contributed by atoms with van der Waals surface area (Å²) in [5, 5.41) is 4.94. The lowest BCUT2D eigenvalue weighted by Gasteiger charge is -2.04. The molecule has 0 aliphatic heterocycles. The highest BCUT2D eigenvalue weighted by Gasteiger charge is 1.96. The van der Waals surface area contributed by atoms with Gasteiger partial charge in [0.05, 0.1) is 0 Å². The topological polar surface area (TPSA) is 41.1 Å². The standard InChI is InChI=1S/C7H12N2O/c1-5(2)8-7(10)9-6(3)4/h1,3H2,2,4H3,(H2,8,9,10). The Labute approximate surface area is 60.8 Å². The van der Waals surface area contributed by atoms with Crippen LogP contribution in [0.2, 0.25) is 0 Å². The van der Waals surface area contributed by atoms with Gasteiger partial charge in [0, 0.05) is 11.4 Å². The molecule has 3 heteroatoms. The number of nitrogens with one attached hydrogen (secondary N) is 2. The Kier molecular flexibility index (Phi) is 3.25. The molecule has 10 heavy (non-hydrogen) atoms. The number of carbonyl (C=O) groups excluding carboxylic acids is 1. The number of rotatable bonds is 2. The van der Waals surface area contributed by atoms with E-state index in [4.69, 9.17) is 0 Å². The molecule has 0 bridgehead atoms. The summed E-state index contributed by atoms with van der Waals surface area (Å²) in [6, 6.07) is -0.292. The molecule has 0 radical (unpaired) electrons. The molecule has 0 saturated carbocycles. The van der Waals surface area contributed by atoms with Gasteiger partial charge in [-0.25, -0.2) is 4.79 Å². The van der Waals surface area contributed by atoms with Crippen molar-refractivity contribution in [3.05, 3.63) is 24.6 Å². The first-order chi connectivity index (χ1) is 4.52. The van der Waals surface area contributed by atoms with Gasteiger partial charge in [-0.2, -0.15) is 0 Å². The Morgan fingerprint density at radius 2 is 1.40 bits per heavy atom. The highest BCUT2D eigenvalue weighted by molar-refractivity contribution is 5.77. The van der Waals surface area contributed by atoms with E-state index in [-0.39, 0.29) is 6.03 Å². The molecular formula is C7H12N2O. The number of carbonyl (C=O) groups is 1. The van der Waals surface area contributed by atoms with E-state index in [1.165, 1.54) is 0 Å². The lowest BCUT2D eigenvalue weighted by Crippen LogP contribution is -2.32. The van der Waals surface area contributed by atoms with Crippen molar-refractivity contribution in [2.24, 2.45) is 0 Å². The molecule has 3 nitrogen and oxygen atoms in total. The van der Waals surface area contributed by atoms with Crippen molar-refractivity contribution in [2.75, 3.05) is 0 Å². The third-order valence-corrected chi connectivity index (χ3v) is 0.654. The molecule has 0 aromatic heterocycles. The highest BCUT2D eigenvalue weighted by atomic mass is 16.2. The first kappa shape index (κ1) is 8.75. The van der Waals surface area contributed by atoms with Gasteiger partial charge in [-0.3, -0.25) is 0 Å². The zero-order chi connectivity index (χ0) is 8.15. The molecule has 0 saturated heterocycles. The van der Waals surface area contributed by atoms with Crippen LogP contribution in [0.5, 0.6) is 0 Å². The van der Waals surface area contributed by atoms with E-state index in [1.807, 2.05) is 0 Å². The molecule has 0 heterocycles. The third kappa shape index (κ3) is 4.90. The number of allylic oxidation sites excluding steroid dienone is 2. The monoisotopic (exact) mass is 140 g/mol. The van der Waals surface area contributed by atoms with Crippen LogP contribution in [0.25, 0.3) is 0 Å². The van der Waals surface area contributed by atoms with Crippen molar-refractivity contribution in [3.8, 4) is 0 Å². The van der Waals surface area contributed by atoms with E-state index < -0.39 is 0 Å². The Morgan fingerprint density at radius 1 is 1.10 bits per heavy atom. The maximum atomic E-state index is 10.7. The molecule has 0 aromatic rings. The molecule has 2 amide bonds. The van der Waals surface area contributed by atoms with Crippen molar-refractivity contribution in [1.82, 2.24) is 10.6 Å². The summed E-state index contributed by atoms with van der Waals surface area (Å²) in [6.07, 6.45) is 0. The largest absolute Gasteiger partial charge is 0.323 e. The molecule has 0 aliphatic carbocycles. The molecule has 2 N–H and O–H groups in total. The fourth-order valence-electron chi connectivity index (χ4n) is 0.419. The number of hydrogen-bond acceptors (Lipinski definition) is 1. The number of urea groups is 1. The van der Waals surface area contributed by atoms with Crippen LogP contribution in [0.3, 0.4) is 0 Å². The lowest BCUT2D eigenvalue weighted by molar-refractivity contribution is 0.246. The van der Waals surface area contributed by atoms with Gasteiger partial charge in [0.25, 0.3) is 0 Å². The minimum Gasteiger partial charge on any atom is -0.312 e. The first-order valence-corrected chi connectivity index (χ1v) is 2.91. The molecule has 0 unspecified atom stereocenters. The Bertz CT molecular complexity index is 154. The van der Waals surface area contributed by atoms with Crippen molar-refractivity contribution in [3.63, 3.8) is 0 Å². The van der Waals surface area contributed by atoms with Crippen molar-refractivity contribution >= 4 is 6.03 Å². The van der Waals surface area contributed by atoms with Crippen molar-refractivity contribution in [2.45, 2.75) is 13.8 Å². The van der Waals surface area contributed by atoms with Crippen LogP contribution in [-0.4, -0.2) is 6.03 Å². The Balaban J connectivity index is 3.65. The van der Waals surface area contributed by atoms with E-state index in [0.717, 1.165) is 0 Å². The van der Waals surface area contributed by atoms with Crippen LogP contribution in [-0.2, 0) is 0 Å². The average Bonchev–Trinajstić information content (AvgIpc) is 1.58. The summed E-state index contributed by atoms with van der Waals surface area (Å²) >= 11 is 0. The molecule has 0 spiro atoms. The lowest BCUT2D eigenvalue weighted by atomic mass is 10.5. The predicted molar refractivity (Wildman–Crippen MR) is 41.3 cm³/mol. The van der Waals surface area contributed by atoms with E-state index >= 15 is 0 Å². The highest BCUT2D eigenvalue weighted by Crippen LogP contribution is 1.81. The quantitative estimate of drug-likeness (QED) is 0.597. The fraction of sp³-hybridized carbons (Fsp3) is 0.286. The first-order valence-electron chi connectivity index (χ1n) is 2.91. The Hall–Kier alpha value is -1.25. The zero-order valence-corrected chi connectivity index (χ0v) is 6.32. The van der Waals surface area contributed by atoms with Gasteiger partial charge in [0.15, 0.2) is 0 Å². The minimum absolute atomic E-state index is 0.292. The second kappa shape index (κ2) is 3.71. The minimum atomic E-state index is -0.292. The average molecular weight is 140 g/mol. The molecule has 0 aromatic carbocycles. The SMILES string of the molecule is C=C(C)NC(=O)NC(=C)C. The molecular weight excluding hydrogens is 128 g/mol. The van der Waals surface area contributed by atoms with Crippen LogP contribution in [0.4, 0.5) is 4.79 Å². The smallest absolute Gasteiger partial charge is 0.312 e. The predicted octanol–water partition coefficient (Wildman–Crippen LogP) is 1.35. The fourth-order valence-corrected chi connectivity index (χ4v) is 0.419. The summed E-state index contributed by atoms with van der Waals surface area (Å²) < 4.78 is 0. The van der Waals surface area contributed by atoms with Gasteiger partial charge in [0.2, 0.25) is 0 Å². The van der Waals surface area contributed by atoms with Crippen molar-refractivity contribution in [1.29, 1.82) is 0 Å². The van der Waals surface area contributed by atoms with E-state index in [0.29, 0.717) is 11.4 Å². The van der Waals surface area contributed by atoms with Crippen LogP contribution >= 0.6 is 0 Å². The normalized spacial score (nSPS) is 8.20. The molecule has 0 fully saturated rings. The second-order valence-electron chi connectivity index (χ2n) is 2.14. The molecule has 0 atom stereocenters. The Morgan fingerprint density at radius 3 is 1.60 bits per heavy atom. The van der Waals surface area contributed by atoms with Crippen molar-refractivity contribution < 1.29 is 4.79 Å². The summed E-state index contributed by atoms with van der Waals surface area (Å²) in [5.41, 5.74) is 1.22. The van der Waals surface area contributed by atoms with Gasteiger partial charge in [0.1, 0.15) is 0 Å². The summed E-state index contributed by atoms with van der Waals surface area (Å²) in [4.78, 5) is 10.7. The van der Waals surface area contributed by atoms with E-state index in [2.05, 4.69) is 23.8 Å². The summed E-state index contributed by atoms with van der Waals surface area (Å²) in [6.45, 7) is 10.4. The third-order valence-electron chi connectivity index (χ3n) is 0.654. The number of amides is 2.